The maximum absolute atomic E-state index is 3.67. The molecule has 0 aliphatic carbocycles. The third-order valence-corrected chi connectivity index (χ3v) is 2.06. The van der Waals surface area contributed by atoms with Gasteiger partial charge in [0, 0.05) is 4.88 Å². The van der Waals surface area contributed by atoms with Gasteiger partial charge in [-0.3, -0.25) is 0 Å². The average Bonchev–Trinajstić information content (AvgIpc) is 2.33. The third-order valence-electron chi connectivity index (χ3n) is 1.13. The van der Waals surface area contributed by atoms with Crippen molar-refractivity contribution in [2.75, 3.05) is 0 Å². The van der Waals surface area contributed by atoms with E-state index in [1.165, 1.54) is 10.4 Å². The van der Waals surface area contributed by atoms with Gasteiger partial charge in [-0.25, -0.2) is 0 Å². The van der Waals surface area contributed by atoms with E-state index >= 15 is 0 Å². The normalized spacial score (nSPS) is 8.89. The summed E-state index contributed by atoms with van der Waals surface area (Å²) in [6.07, 6.45) is 3.69. The Kier molecular flexibility index (Phi) is 1.85. The highest BCUT2D eigenvalue weighted by molar-refractivity contribution is 7.11. The lowest BCUT2D eigenvalue weighted by atomic mass is 10.2. The van der Waals surface area contributed by atoms with Crippen LogP contribution in [0, 0.1) is 0 Å². The first-order valence-corrected chi connectivity index (χ1v) is 3.59. The van der Waals surface area contributed by atoms with Crippen molar-refractivity contribution in [3.63, 3.8) is 0 Å². The van der Waals surface area contributed by atoms with Crippen molar-refractivity contribution in [1.29, 1.82) is 0 Å². The predicted molar refractivity (Wildman–Crippen MR) is 44.5 cm³/mol. The Morgan fingerprint density at radius 3 is 2.56 bits per heavy atom. The van der Waals surface area contributed by atoms with Crippen LogP contribution in [-0.4, -0.2) is 0 Å². The minimum atomic E-state index is 1.18. The predicted octanol–water partition coefficient (Wildman–Crippen LogP) is 3.03. The fourth-order valence-corrected chi connectivity index (χ4v) is 1.41. The fraction of sp³-hybridized carbons (Fsp3) is 0. The molecule has 0 saturated carbocycles. The first-order valence-electron chi connectivity index (χ1n) is 2.71. The Morgan fingerprint density at radius 1 is 1.33 bits per heavy atom. The van der Waals surface area contributed by atoms with Crippen molar-refractivity contribution in [3.05, 3.63) is 35.0 Å². The van der Waals surface area contributed by atoms with Gasteiger partial charge < -0.3 is 0 Å². The highest BCUT2D eigenvalue weighted by Crippen LogP contribution is 2.18. The standard InChI is InChI=1S/C8H8S/c1-3-7-5-6-9-8(7)4-2/h3-6H,1-2H2. The van der Waals surface area contributed by atoms with Crippen LogP contribution in [0.15, 0.2) is 24.6 Å². The highest BCUT2D eigenvalue weighted by atomic mass is 32.1. The van der Waals surface area contributed by atoms with Gasteiger partial charge >= 0.3 is 0 Å². The molecular weight excluding hydrogens is 128 g/mol. The zero-order chi connectivity index (χ0) is 6.69. The molecule has 0 amide bonds. The van der Waals surface area contributed by atoms with Gasteiger partial charge in [0.2, 0.25) is 0 Å². The molecule has 1 heterocycles. The quantitative estimate of drug-likeness (QED) is 0.586. The molecule has 0 fully saturated rings. The first-order chi connectivity index (χ1) is 4.38. The van der Waals surface area contributed by atoms with Gasteiger partial charge in [0.05, 0.1) is 0 Å². The molecule has 0 aromatic carbocycles. The highest BCUT2D eigenvalue weighted by Gasteiger charge is 1.92. The van der Waals surface area contributed by atoms with E-state index in [2.05, 4.69) is 13.2 Å². The van der Waals surface area contributed by atoms with Gasteiger partial charge in [0.1, 0.15) is 0 Å². The third kappa shape index (κ3) is 1.11. The van der Waals surface area contributed by atoms with Gasteiger partial charge in [-0.05, 0) is 17.0 Å². The van der Waals surface area contributed by atoms with Crippen molar-refractivity contribution >= 4 is 23.5 Å². The van der Waals surface area contributed by atoms with Crippen LogP contribution in [0.1, 0.15) is 10.4 Å². The molecule has 1 rings (SSSR count). The van der Waals surface area contributed by atoms with Crippen LogP contribution in [0.4, 0.5) is 0 Å². The molecule has 1 heteroatoms. The van der Waals surface area contributed by atoms with Gasteiger partial charge in [-0.15, -0.1) is 11.3 Å². The summed E-state index contributed by atoms with van der Waals surface area (Å²) in [7, 11) is 0. The Hall–Kier alpha value is -0.820. The van der Waals surface area contributed by atoms with Crippen LogP contribution < -0.4 is 0 Å². The summed E-state index contributed by atoms with van der Waals surface area (Å²) in [4.78, 5) is 1.20. The van der Waals surface area contributed by atoms with E-state index in [0.29, 0.717) is 0 Å². The zero-order valence-corrected chi connectivity index (χ0v) is 5.95. The maximum Gasteiger partial charge on any atom is 0.0336 e. The minimum absolute atomic E-state index is 1.18. The SMILES string of the molecule is C=Cc1ccsc1C=C. The van der Waals surface area contributed by atoms with Gasteiger partial charge in [-0.1, -0.05) is 25.3 Å². The van der Waals surface area contributed by atoms with Crippen LogP contribution in [0.25, 0.3) is 12.2 Å². The summed E-state index contributed by atoms with van der Waals surface area (Å²) in [5.41, 5.74) is 1.18. The molecule has 0 N–H and O–H groups in total. The van der Waals surface area contributed by atoms with Crippen molar-refractivity contribution in [1.82, 2.24) is 0 Å². The molecule has 9 heavy (non-hydrogen) atoms. The molecule has 0 unspecified atom stereocenters. The second kappa shape index (κ2) is 2.65. The summed E-state index contributed by atoms with van der Waals surface area (Å²) in [6, 6.07) is 2.04. The number of hydrogen-bond donors (Lipinski definition) is 0. The molecule has 0 saturated heterocycles. The van der Waals surface area contributed by atoms with Crippen LogP contribution in [0.3, 0.4) is 0 Å². The van der Waals surface area contributed by atoms with Crippen molar-refractivity contribution in [2.45, 2.75) is 0 Å². The Bertz CT molecular complexity index is 198. The molecule has 1 aromatic rings. The monoisotopic (exact) mass is 136 g/mol. The van der Waals surface area contributed by atoms with E-state index in [-0.39, 0.29) is 0 Å². The second-order valence-electron chi connectivity index (χ2n) is 1.65. The molecule has 0 aliphatic rings. The first kappa shape index (κ1) is 6.30. The van der Waals surface area contributed by atoms with Crippen LogP contribution in [-0.2, 0) is 0 Å². The molecular formula is C8H8S. The Balaban J connectivity index is 3.12. The topological polar surface area (TPSA) is 0 Å². The van der Waals surface area contributed by atoms with E-state index in [1.54, 1.807) is 11.3 Å². The Labute approximate surface area is 59.2 Å². The van der Waals surface area contributed by atoms with Crippen LogP contribution >= 0.6 is 11.3 Å². The average molecular weight is 136 g/mol. The summed E-state index contributed by atoms with van der Waals surface area (Å²) >= 11 is 1.68. The van der Waals surface area contributed by atoms with Gasteiger partial charge in [0.15, 0.2) is 0 Å². The van der Waals surface area contributed by atoms with Crippen molar-refractivity contribution in [2.24, 2.45) is 0 Å². The van der Waals surface area contributed by atoms with E-state index in [9.17, 15) is 0 Å². The van der Waals surface area contributed by atoms with E-state index in [1.807, 2.05) is 23.6 Å². The molecule has 0 bridgehead atoms. The summed E-state index contributed by atoms with van der Waals surface area (Å²) in [5.74, 6) is 0. The number of hydrogen-bond acceptors (Lipinski definition) is 1. The molecule has 0 spiro atoms. The second-order valence-corrected chi connectivity index (χ2v) is 2.60. The molecule has 46 valence electrons. The largest absolute Gasteiger partial charge is 0.144 e. The van der Waals surface area contributed by atoms with E-state index in [4.69, 9.17) is 0 Å². The molecule has 0 radical (unpaired) electrons. The van der Waals surface area contributed by atoms with Gasteiger partial charge in [0.25, 0.3) is 0 Å². The Morgan fingerprint density at radius 2 is 2.11 bits per heavy atom. The summed E-state index contributed by atoms with van der Waals surface area (Å²) in [6.45, 7) is 7.35. The molecule has 1 aromatic heterocycles. The number of thiophene rings is 1. The van der Waals surface area contributed by atoms with Gasteiger partial charge in [-0.2, -0.15) is 0 Å². The lowest BCUT2D eigenvalue weighted by molar-refractivity contribution is 1.85. The molecule has 0 atom stereocenters. The summed E-state index contributed by atoms with van der Waals surface area (Å²) < 4.78 is 0. The summed E-state index contributed by atoms with van der Waals surface area (Å²) in [5, 5.41) is 2.04. The van der Waals surface area contributed by atoms with Crippen LogP contribution in [0.2, 0.25) is 0 Å². The smallest absolute Gasteiger partial charge is 0.0336 e. The van der Waals surface area contributed by atoms with E-state index < -0.39 is 0 Å². The lowest BCUT2D eigenvalue weighted by Crippen LogP contribution is -1.63. The number of rotatable bonds is 2. The fourth-order valence-electron chi connectivity index (χ4n) is 0.665. The van der Waals surface area contributed by atoms with Crippen molar-refractivity contribution in [3.8, 4) is 0 Å². The zero-order valence-electron chi connectivity index (χ0n) is 5.13. The molecule has 0 aliphatic heterocycles. The minimum Gasteiger partial charge on any atom is -0.144 e. The van der Waals surface area contributed by atoms with E-state index in [0.717, 1.165) is 0 Å². The lowest BCUT2D eigenvalue weighted by Gasteiger charge is -1.85. The maximum atomic E-state index is 3.67. The van der Waals surface area contributed by atoms with Crippen molar-refractivity contribution < 1.29 is 0 Å². The van der Waals surface area contributed by atoms with Crippen LogP contribution in [0.5, 0.6) is 0 Å². The molecule has 0 nitrogen and oxygen atoms in total.